The fraction of sp³-hybridized carbons (Fsp3) is 0.222. The summed E-state index contributed by atoms with van der Waals surface area (Å²) < 4.78 is 11.5. The number of ether oxygens (including phenoxy) is 1. The Morgan fingerprint density at radius 3 is 2.59 bits per heavy atom. The first-order valence-corrected chi connectivity index (χ1v) is 10.8. The van der Waals surface area contributed by atoms with Crippen molar-refractivity contribution in [3.63, 3.8) is 0 Å². The summed E-state index contributed by atoms with van der Waals surface area (Å²) in [6.45, 7) is -0.116. The number of halogens is 1. The Bertz CT molecular complexity index is 937. The van der Waals surface area contributed by atoms with Crippen LogP contribution < -0.4 is 0 Å². The van der Waals surface area contributed by atoms with Gasteiger partial charge in [-0.15, -0.1) is 33.3 Å². The van der Waals surface area contributed by atoms with Crippen molar-refractivity contribution in [2.45, 2.75) is 24.3 Å². The van der Waals surface area contributed by atoms with Crippen LogP contribution in [0.3, 0.4) is 0 Å². The maximum atomic E-state index is 12.1. The van der Waals surface area contributed by atoms with Gasteiger partial charge >= 0.3 is 5.97 Å². The maximum Gasteiger partial charge on any atom is 0.306 e. The quantitative estimate of drug-likeness (QED) is 0.262. The molecule has 0 aliphatic rings. The topological polar surface area (TPSA) is 82.3 Å². The molecule has 0 saturated carbocycles. The number of hydrogen-bond donors (Lipinski definition) is 0. The average molecular weight is 467 g/mol. The molecule has 0 fully saturated rings. The molecule has 0 radical (unpaired) electrons. The van der Waals surface area contributed by atoms with Crippen molar-refractivity contribution in [2.24, 2.45) is 0 Å². The summed E-state index contributed by atoms with van der Waals surface area (Å²) in [6.07, 6.45) is 2.07. The zero-order valence-corrected chi connectivity index (χ0v) is 17.5. The number of thiophene rings is 1. The van der Waals surface area contributed by atoms with Crippen LogP contribution in [-0.2, 0) is 16.1 Å². The van der Waals surface area contributed by atoms with Crippen molar-refractivity contribution in [2.75, 3.05) is 6.26 Å². The van der Waals surface area contributed by atoms with E-state index in [4.69, 9.17) is 9.15 Å². The van der Waals surface area contributed by atoms with Gasteiger partial charge in [0.15, 0.2) is 12.4 Å². The van der Waals surface area contributed by atoms with Crippen molar-refractivity contribution in [1.29, 1.82) is 0 Å². The van der Waals surface area contributed by atoms with Crippen LogP contribution in [0.4, 0.5) is 0 Å². The predicted molar refractivity (Wildman–Crippen MR) is 107 cm³/mol. The third kappa shape index (κ3) is 5.50. The molecule has 9 heteroatoms. The molecule has 0 bridgehead atoms. The molecule has 0 N–H and O–H groups in total. The fourth-order valence-corrected chi connectivity index (χ4v) is 3.91. The number of rotatable bonds is 8. The number of hydrogen-bond acceptors (Lipinski definition) is 8. The van der Waals surface area contributed by atoms with E-state index in [-0.39, 0.29) is 31.1 Å². The largest absolute Gasteiger partial charge is 0.456 e. The van der Waals surface area contributed by atoms with E-state index in [1.165, 1.54) is 11.3 Å². The second-order valence-electron chi connectivity index (χ2n) is 5.42. The Labute approximate surface area is 172 Å². The van der Waals surface area contributed by atoms with E-state index in [1.54, 1.807) is 23.9 Å². The zero-order chi connectivity index (χ0) is 19.2. The minimum Gasteiger partial charge on any atom is -0.456 e. The van der Waals surface area contributed by atoms with Crippen LogP contribution in [0, 0.1) is 0 Å². The first kappa shape index (κ1) is 19.8. The lowest BCUT2D eigenvalue weighted by molar-refractivity contribution is -0.145. The number of aromatic nitrogens is 2. The van der Waals surface area contributed by atoms with Crippen LogP contribution in [-0.4, -0.2) is 28.2 Å². The first-order chi connectivity index (χ1) is 13.0. The summed E-state index contributed by atoms with van der Waals surface area (Å²) in [7, 11) is 0. The van der Waals surface area contributed by atoms with Crippen molar-refractivity contribution in [3.05, 3.63) is 51.6 Å². The Balaban J connectivity index is 1.45. The van der Waals surface area contributed by atoms with Gasteiger partial charge in [-0.1, -0.05) is 12.1 Å². The highest BCUT2D eigenvalue weighted by molar-refractivity contribution is 9.11. The molecule has 3 rings (SSSR count). The summed E-state index contributed by atoms with van der Waals surface area (Å²) in [5, 5.41) is 7.79. The molecule has 0 amide bonds. The highest BCUT2D eigenvalue weighted by atomic mass is 79.9. The summed E-state index contributed by atoms with van der Waals surface area (Å²) in [5.74, 6) is 0.00752. The lowest BCUT2D eigenvalue weighted by Gasteiger charge is -2.03. The van der Waals surface area contributed by atoms with E-state index >= 15 is 0 Å². The molecule has 2 aromatic heterocycles. The Morgan fingerprint density at radius 1 is 1.15 bits per heavy atom. The van der Waals surface area contributed by atoms with Gasteiger partial charge in [0, 0.05) is 16.9 Å². The molecule has 1 aromatic carbocycles. The van der Waals surface area contributed by atoms with Crippen molar-refractivity contribution in [3.8, 4) is 10.8 Å². The van der Waals surface area contributed by atoms with Crippen LogP contribution >= 0.6 is 39.0 Å². The molecule has 0 aliphatic carbocycles. The molecular weight excluding hydrogens is 452 g/mol. The highest BCUT2D eigenvalue weighted by Crippen LogP contribution is 2.30. The standard InChI is InChI=1S/C18H15BrN2O4S2/c1-26-12-4-2-11(3-5-12)13(22)6-9-17(23)24-10-16-20-21-18(25-16)14-7-8-15(19)27-14/h2-5,7-8H,6,9-10H2,1H3. The molecule has 0 aliphatic heterocycles. The summed E-state index contributed by atoms with van der Waals surface area (Å²) in [6, 6.07) is 11.0. The third-order valence-electron chi connectivity index (χ3n) is 3.58. The number of nitrogens with zero attached hydrogens (tertiary/aromatic N) is 2. The van der Waals surface area contributed by atoms with Crippen molar-refractivity contribution >= 4 is 50.8 Å². The molecule has 0 unspecified atom stereocenters. The molecule has 27 heavy (non-hydrogen) atoms. The number of ketones is 1. The monoisotopic (exact) mass is 466 g/mol. The summed E-state index contributed by atoms with van der Waals surface area (Å²) >= 11 is 6.44. The normalized spacial score (nSPS) is 10.7. The number of Topliss-reactive ketones (excluding diaryl/α,β-unsaturated/α-hetero) is 1. The van der Waals surface area contributed by atoms with Gasteiger partial charge in [0.2, 0.25) is 0 Å². The SMILES string of the molecule is CSc1ccc(C(=O)CCC(=O)OCc2nnc(-c3ccc(Br)s3)o2)cc1. The molecule has 140 valence electrons. The number of thioether (sulfide) groups is 1. The molecule has 3 aromatic rings. The van der Waals surface area contributed by atoms with E-state index in [0.717, 1.165) is 13.6 Å². The number of esters is 1. The lowest BCUT2D eigenvalue weighted by Crippen LogP contribution is -2.08. The van der Waals surface area contributed by atoms with Gasteiger partial charge in [0.05, 0.1) is 15.1 Å². The Kier molecular flexibility index (Phi) is 6.81. The van der Waals surface area contributed by atoms with Gasteiger partial charge < -0.3 is 9.15 Å². The maximum absolute atomic E-state index is 12.1. The number of carbonyl (C=O) groups excluding carboxylic acids is 2. The minimum absolute atomic E-state index is 0.00196. The van der Waals surface area contributed by atoms with Crippen LogP contribution in [0.1, 0.15) is 29.1 Å². The second kappa shape index (κ2) is 9.29. The molecule has 6 nitrogen and oxygen atoms in total. The third-order valence-corrected chi connectivity index (χ3v) is 5.93. The van der Waals surface area contributed by atoms with Crippen molar-refractivity contribution < 1.29 is 18.7 Å². The minimum atomic E-state index is -0.484. The van der Waals surface area contributed by atoms with E-state index < -0.39 is 5.97 Å². The van der Waals surface area contributed by atoms with Crippen LogP contribution in [0.2, 0.25) is 0 Å². The van der Waals surface area contributed by atoms with Crippen molar-refractivity contribution in [1.82, 2.24) is 10.2 Å². The zero-order valence-electron chi connectivity index (χ0n) is 14.3. The fourth-order valence-electron chi connectivity index (χ4n) is 2.19. The first-order valence-electron chi connectivity index (χ1n) is 7.96. The molecule has 2 heterocycles. The van der Waals surface area contributed by atoms with Crippen LogP contribution in [0.5, 0.6) is 0 Å². The Hall–Kier alpha value is -1.97. The molecule has 0 atom stereocenters. The number of benzene rings is 1. The number of carbonyl (C=O) groups is 2. The van der Waals surface area contributed by atoms with E-state index in [0.29, 0.717) is 11.5 Å². The van der Waals surface area contributed by atoms with E-state index in [2.05, 4.69) is 26.1 Å². The molecule has 0 saturated heterocycles. The van der Waals surface area contributed by atoms with Gasteiger partial charge in [-0.25, -0.2) is 0 Å². The van der Waals surface area contributed by atoms with Gasteiger partial charge in [-0.3, -0.25) is 9.59 Å². The lowest BCUT2D eigenvalue weighted by atomic mass is 10.1. The highest BCUT2D eigenvalue weighted by Gasteiger charge is 2.14. The van der Waals surface area contributed by atoms with Gasteiger partial charge in [-0.05, 0) is 46.5 Å². The van der Waals surface area contributed by atoms with Crippen LogP contribution in [0.15, 0.2) is 49.5 Å². The molecular formula is C18H15BrN2O4S2. The van der Waals surface area contributed by atoms with Gasteiger partial charge in [-0.2, -0.15) is 0 Å². The van der Waals surface area contributed by atoms with E-state index in [9.17, 15) is 9.59 Å². The van der Waals surface area contributed by atoms with Crippen LogP contribution in [0.25, 0.3) is 10.8 Å². The summed E-state index contributed by atoms with van der Waals surface area (Å²) in [4.78, 5) is 25.9. The average Bonchev–Trinajstić information content (AvgIpc) is 3.33. The smallest absolute Gasteiger partial charge is 0.306 e. The summed E-state index contributed by atoms with van der Waals surface area (Å²) in [5.41, 5.74) is 0.587. The van der Waals surface area contributed by atoms with Gasteiger partial charge in [0.1, 0.15) is 0 Å². The molecule has 0 spiro atoms. The predicted octanol–water partition coefficient (Wildman–Crippen LogP) is 4.99. The Morgan fingerprint density at radius 2 is 1.93 bits per heavy atom. The second-order valence-corrected chi connectivity index (χ2v) is 8.76. The van der Waals surface area contributed by atoms with Gasteiger partial charge in [0.25, 0.3) is 11.8 Å². The van der Waals surface area contributed by atoms with E-state index in [1.807, 2.05) is 30.5 Å².